The molecule has 1 N–H and O–H groups in total. The van der Waals surface area contributed by atoms with E-state index in [1.54, 1.807) is 0 Å². The zero-order valence-electron chi connectivity index (χ0n) is 10.4. The highest BCUT2D eigenvalue weighted by atomic mass is 16.5. The number of nitrogens with zero attached hydrogens (tertiary/aromatic N) is 1. The van der Waals surface area contributed by atoms with Crippen molar-refractivity contribution in [1.29, 1.82) is 0 Å². The van der Waals surface area contributed by atoms with Crippen LogP contribution in [0.4, 0.5) is 0 Å². The molecule has 0 aliphatic carbocycles. The van der Waals surface area contributed by atoms with E-state index >= 15 is 0 Å². The molecule has 0 rings (SSSR count). The Labute approximate surface area is 93.0 Å². The lowest BCUT2D eigenvalue weighted by Gasteiger charge is -2.12. The molecule has 0 aliphatic rings. The highest BCUT2D eigenvalue weighted by molar-refractivity contribution is 5.71. The van der Waals surface area contributed by atoms with Gasteiger partial charge in [0.25, 0.3) is 0 Å². The minimum absolute atomic E-state index is 0.0288. The summed E-state index contributed by atoms with van der Waals surface area (Å²) in [5.41, 5.74) is 0. The quantitative estimate of drug-likeness (QED) is 0.483. The van der Waals surface area contributed by atoms with E-state index in [-0.39, 0.29) is 12.1 Å². The molecule has 0 bridgehead atoms. The van der Waals surface area contributed by atoms with Gasteiger partial charge >= 0.3 is 5.97 Å². The number of carbonyl (C=O) groups excluding carboxylic acids is 1. The Morgan fingerprint density at radius 2 is 2.13 bits per heavy atom. The van der Waals surface area contributed by atoms with Gasteiger partial charge in [0.1, 0.15) is 0 Å². The molecule has 0 aliphatic heterocycles. The van der Waals surface area contributed by atoms with Crippen molar-refractivity contribution in [3.05, 3.63) is 0 Å². The number of hydrogen-bond acceptors (Lipinski definition) is 4. The van der Waals surface area contributed by atoms with E-state index in [0.717, 1.165) is 25.9 Å². The average Bonchev–Trinajstić information content (AvgIpc) is 2.16. The van der Waals surface area contributed by atoms with Gasteiger partial charge in [0.15, 0.2) is 0 Å². The topological polar surface area (TPSA) is 41.6 Å². The van der Waals surface area contributed by atoms with Crippen molar-refractivity contribution in [2.45, 2.75) is 32.8 Å². The van der Waals surface area contributed by atoms with E-state index < -0.39 is 0 Å². The van der Waals surface area contributed by atoms with Gasteiger partial charge in [-0.25, -0.2) is 0 Å². The van der Waals surface area contributed by atoms with Crippen molar-refractivity contribution >= 4 is 5.97 Å². The van der Waals surface area contributed by atoms with Crippen LogP contribution in [0.25, 0.3) is 0 Å². The van der Waals surface area contributed by atoms with Crippen LogP contribution in [0.5, 0.6) is 0 Å². The van der Waals surface area contributed by atoms with Gasteiger partial charge in [0, 0.05) is 0 Å². The standard InChI is InChI=1S/C11H24N2O2/c1-5-10(2)15-11(14)9-12-7-6-8-13(3)4/h10,12H,5-9H2,1-4H3. The lowest BCUT2D eigenvalue weighted by Crippen LogP contribution is -2.29. The highest BCUT2D eigenvalue weighted by Crippen LogP contribution is 1.95. The fraction of sp³-hybridized carbons (Fsp3) is 0.909. The number of esters is 1. The molecule has 0 aromatic heterocycles. The van der Waals surface area contributed by atoms with E-state index in [9.17, 15) is 4.79 Å². The van der Waals surface area contributed by atoms with Crippen LogP contribution in [0.2, 0.25) is 0 Å². The van der Waals surface area contributed by atoms with Crippen LogP contribution in [0, 0.1) is 0 Å². The van der Waals surface area contributed by atoms with E-state index in [2.05, 4.69) is 10.2 Å². The van der Waals surface area contributed by atoms with Gasteiger partial charge in [-0.3, -0.25) is 4.79 Å². The fourth-order valence-electron chi connectivity index (χ4n) is 1.06. The first-order valence-electron chi connectivity index (χ1n) is 5.61. The fourth-order valence-corrected chi connectivity index (χ4v) is 1.06. The van der Waals surface area contributed by atoms with Gasteiger partial charge in [-0.05, 0) is 47.0 Å². The third-order valence-corrected chi connectivity index (χ3v) is 2.14. The molecular formula is C11H24N2O2. The van der Waals surface area contributed by atoms with Crippen LogP contribution in [0.3, 0.4) is 0 Å². The summed E-state index contributed by atoms with van der Waals surface area (Å²) in [7, 11) is 4.08. The summed E-state index contributed by atoms with van der Waals surface area (Å²) in [5, 5.41) is 3.07. The van der Waals surface area contributed by atoms with Gasteiger partial charge < -0.3 is 15.0 Å². The van der Waals surface area contributed by atoms with Crippen molar-refractivity contribution in [2.75, 3.05) is 33.7 Å². The summed E-state index contributed by atoms with van der Waals surface area (Å²) in [5.74, 6) is -0.158. The molecule has 0 heterocycles. The number of rotatable bonds is 8. The molecule has 0 aromatic carbocycles. The Kier molecular flexibility index (Phi) is 8.33. The van der Waals surface area contributed by atoms with Crippen LogP contribution in [0.1, 0.15) is 26.7 Å². The van der Waals surface area contributed by atoms with Crippen molar-refractivity contribution in [2.24, 2.45) is 0 Å². The van der Waals surface area contributed by atoms with Gasteiger partial charge in [-0.2, -0.15) is 0 Å². The zero-order valence-corrected chi connectivity index (χ0v) is 10.4. The second kappa shape index (κ2) is 8.68. The molecule has 0 radical (unpaired) electrons. The van der Waals surface area contributed by atoms with Crippen LogP contribution < -0.4 is 5.32 Å². The predicted octanol–water partition coefficient (Wildman–Crippen LogP) is 0.869. The third kappa shape index (κ3) is 9.69. The Hall–Kier alpha value is -0.610. The molecule has 4 nitrogen and oxygen atoms in total. The Bertz CT molecular complexity index is 172. The molecule has 0 aromatic rings. The van der Waals surface area contributed by atoms with Crippen LogP contribution in [0.15, 0.2) is 0 Å². The predicted molar refractivity (Wildman–Crippen MR) is 61.9 cm³/mol. The van der Waals surface area contributed by atoms with E-state index in [1.165, 1.54) is 0 Å². The summed E-state index contributed by atoms with van der Waals surface area (Å²) in [6.45, 7) is 6.12. The molecule has 90 valence electrons. The van der Waals surface area contributed by atoms with Crippen molar-refractivity contribution in [1.82, 2.24) is 10.2 Å². The first kappa shape index (κ1) is 14.4. The van der Waals surface area contributed by atoms with Gasteiger partial charge in [-0.15, -0.1) is 0 Å². The smallest absolute Gasteiger partial charge is 0.320 e. The number of nitrogens with one attached hydrogen (secondary N) is 1. The average molecular weight is 216 g/mol. The highest BCUT2D eigenvalue weighted by Gasteiger charge is 2.06. The first-order chi connectivity index (χ1) is 7.06. The molecule has 0 spiro atoms. The first-order valence-corrected chi connectivity index (χ1v) is 5.61. The van der Waals surface area contributed by atoms with Crippen LogP contribution >= 0.6 is 0 Å². The minimum Gasteiger partial charge on any atom is -0.462 e. The molecule has 15 heavy (non-hydrogen) atoms. The second-order valence-corrected chi connectivity index (χ2v) is 4.04. The third-order valence-electron chi connectivity index (χ3n) is 2.14. The summed E-state index contributed by atoms with van der Waals surface area (Å²) >= 11 is 0. The summed E-state index contributed by atoms with van der Waals surface area (Å²) in [4.78, 5) is 13.3. The lowest BCUT2D eigenvalue weighted by atomic mass is 10.3. The van der Waals surface area contributed by atoms with E-state index in [1.807, 2.05) is 27.9 Å². The van der Waals surface area contributed by atoms with Crippen LogP contribution in [-0.2, 0) is 9.53 Å². The molecule has 0 saturated heterocycles. The van der Waals surface area contributed by atoms with Crippen molar-refractivity contribution in [3.8, 4) is 0 Å². The molecule has 1 unspecified atom stereocenters. The normalized spacial score (nSPS) is 12.9. The molecule has 0 fully saturated rings. The van der Waals surface area contributed by atoms with Gasteiger partial charge in [0.05, 0.1) is 12.6 Å². The molecule has 4 heteroatoms. The second-order valence-electron chi connectivity index (χ2n) is 4.04. The number of ether oxygens (including phenoxy) is 1. The summed E-state index contributed by atoms with van der Waals surface area (Å²) in [6, 6.07) is 0. The Morgan fingerprint density at radius 3 is 2.67 bits per heavy atom. The molecular weight excluding hydrogens is 192 g/mol. The van der Waals surface area contributed by atoms with E-state index in [4.69, 9.17) is 4.74 Å². The number of hydrogen-bond donors (Lipinski definition) is 1. The SMILES string of the molecule is CCC(C)OC(=O)CNCCCN(C)C. The summed E-state index contributed by atoms with van der Waals surface area (Å²) in [6.07, 6.45) is 1.94. The maximum Gasteiger partial charge on any atom is 0.320 e. The zero-order chi connectivity index (χ0) is 11.7. The number of carbonyl (C=O) groups is 1. The Balaban J connectivity index is 3.31. The molecule has 0 amide bonds. The summed E-state index contributed by atoms with van der Waals surface area (Å²) < 4.78 is 5.12. The minimum atomic E-state index is -0.158. The van der Waals surface area contributed by atoms with E-state index in [0.29, 0.717) is 6.54 Å². The largest absolute Gasteiger partial charge is 0.462 e. The lowest BCUT2D eigenvalue weighted by molar-refractivity contribution is -0.147. The maximum atomic E-state index is 11.2. The molecule has 0 saturated carbocycles. The Morgan fingerprint density at radius 1 is 1.47 bits per heavy atom. The maximum absolute atomic E-state index is 11.2. The van der Waals surface area contributed by atoms with Gasteiger partial charge in [-0.1, -0.05) is 6.92 Å². The van der Waals surface area contributed by atoms with Crippen LogP contribution in [-0.4, -0.2) is 50.7 Å². The monoisotopic (exact) mass is 216 g/mol. The van der Waals surface area contributed by atoms with Crippen molar-refractivity contribution < 1.29 is 9.53 Å². The van der Waals surface area contributed by atoms with Crippen molar-refractivity contribution in [3.63, 3.8) is 0 Å². The molecule has 1 atom stereocenters. The van der Waals surface area contributed by atoms with Gasteiger partial charge in [0.2, 0.25) is 0 Å².